The van der Waals surface area contributed by atoms with Gasteiger partial charge in [0.15, 0.2) is 0 Å². The number of fused-ring (bicyclic) bond motifs is 2. The highest BCUT2D eigenvalue weighted by Gasteiger charge is 2.29. The Morgan fingerprint density at radius 3 is 2.97 bits per heavy atom. The molecule has 0 saturated carbocycles. The van der Waals surface area contributed by atoms with Gasteiger partial charge < -0.3 is 24.7 Å². The number of pyridine rings is 1. The van der Waals surface area contributed by atoms with E-state index in [0.29, 0.717) is 31.9 Å². The second kappa shape index (κ2) is 9.47. The summed E-state index contributed by atoms with van der Waals surface area (Å²) in [6.45, 7) is 4.32. The molecule has 182 valence electrons. The van der Waals surface area contributed by atoms with Crippen molar-refractivity contribution >= 4 is 11.4 Å². The Labute approximate surface area is 209 Å². The van der Waals surface area contributed by atoms with Crippen LogP contribution in [0.5, 0.6) is 11.5 Å². The van der Waals surface area contributed by atoms with Crippen molar-refractivity contribution in [2.24, 2.45) is 0 Å². The van der Waals surface area contributed by atoms with E-state index in [4.69, 9.17) is 9.47 Å². The molecule has 4 aromatic rings. The molecule has 1 saturated heterocycles. The molecule has 1 unspecified atom stereocenters. The Balaban J connectivity index is 1.21. The van der Waals surface area contributed by atoms with Crippen molar-refractivity contribution in [2.45, 2.75) is 26.0 Å². The lowest BCUT2D eigenvalue weighted by Gasteiger charge is -2.35. The number of ether oxygens (including phenoxy) is 2. The number of hydrogen-bond acceptors (Lipinski definition) is 7. The maximum Gasteiger partial charge on any atom is 0.271 e. The summed E-state index contributed by atoms with van der Waals surface area (Å²) in [7, 11) is 0. The molecule has 8 nitrogen and oxygen atoms in total. The van der Waals surface area contributed by atoms with Crippen LogP contribution in [0.4, 0.5) is 11.4 Å². The summed E-state index contributed by atoms with van der Waals surface area (Å²) >= 11 is 0. The van der Waals surface area contributed by atoms with Crippen LogP contribution < -0.4 is 20.5 Å². The number of aromatic amines is 1. The second-order valence-electron chi connectivity index (χ2n) is 9.08. The molecular formula is C28H27N5O3. The zero-order valence-corrected chi connectivity index (χ0v) is 20.0. The van der Waals surface area contributed by atoms with Gasteiger partial charge in [-0.25, -0.2) is 9.97 Å². The number of rotatable bonds is 5. The third-order valence-corrected chi connectivity index (χ3v) is 6.64. The van der Waals surface area contributed by atoms with E-state index in [1.165, 1.54) is 0 Å². The molecule has 0 aliphatic carbocycles. The van der Waals surface area contributed by atoms with Gasteiger partial charge in [-0.1, -0.05) is 18.2 Å². The Kier molecular flexibility index (Phi) is 5.87. The molecule has 2 aromatic heterocycles. The monoisotopic (exact) mass is 481 g/mol. The molecule has 36 heavy (non-hydrogen) atoms. The third kappa shape index (κ3) is 4.43. The number of nitrogens with zero attached hydrogens (tertiary/aromatic N) is 3. The summed E-state index contributed by atoms with van der Waals surface area (Å²) in [4.78, 5) is 25.8. The van der Waals surface area contributed by atoms with Crippen molar-refractivity contribution in [3.8, 4) is 11.5 Å². The smallest absolute Gasteiger partial charge is 0.271 e. The maximum absolute atomic E-state index is 12.3. The first-order valence-electron chi connectivity index (χ1n) is 12.1. The average Bonchev–Trinajstić information content (AvgIpc) is 2.91. The van der Waals surface area contributed by atoms with Gasteiger partial charge in [-0.15, -0.1) is 0 Å². The van der Waals surface area contributed by atoms with E-state index in [-0.39, 0.29) is 11.7 Å². The van der Waals surface area contributed by atoms with Crippen LogP contribution in [0.2, 0.25) is 0 Å². The fraction of sp³-hybridized carbons (Fsp3) is 0.250. The van der Waals surface area contributed by atoms with Crippen molar-refractivity contribution in [2.75, 3.05) is 29.9 Å². The molecule has 8 heteroatoms. The molecule has 6 rings (SSSR count). The number of hydrogen-bond donors (Lipinski definition) is 2. The van der Waals surface area contributed by atoms with Crippen molar-refractivity contribution in [3.63, 3.8) is 0 Å². The largest absolute Gasteiger partial charge is 0.456 e. The van der Waals surface area contributed by atoms with Crippen LogP contribution in [0.3, 0.4) is 0 Å². The van der Waals surface area contributed by atoms with E-state index in [9.17, 15) is 4.79 Å². The van der Waals surface area contributed by atoms with Gasteiger partial charge in [0.05, 0.1) is 18.8 Å². The topological polar surface area (TPSA) is 92.4 Å². The molecule has 2 N–H and O–H groups in total. The van der Waals surface area contributed by atoms with Crippen molar-refractivity contribution in [1.29, 1.82) is 0 Å². The first-order chi connectivity index (χ1) is 17.6. The summed E-state index contributed by atoms with van der Waals surface area (Å²) in [6, 6.07) is 18.0. The fourth-order valence-electron chi connectivity index (χ4n) is 4.88. The minimum Gasteiger partial charge on any atom is -0.456 e. The van der Waals surface area contributed by atoms with E-state index in [1.807, 2.05) is 37.3 Å². The number of benzene rings is 2. The molecule has 2 aromatic carbocycles. The Morgan fingerprint density at radius 2 is 2.08 bits per heavy atom. The van der Waals surface area contributed by atoms with Crippen LogP contribution in [0.25, 0.3) is 0 Å². The molecule has 2 aliphatic heterocycles. The summed E-state index contributed by atoms with van der Waals surface area (Å²) in [6.07, 6.45) is 4.02. The standard InChI is InChI=1S/C28H27N5O3/c1-18-29-11-9-22(32-18)16-31-21-7-8-25-20(15-21)14-19-4-2-5-23(27(19)36-25)26-17-33(12-13-35-26)24-6-3-10-30-28(24)34/h2-11,15,26,31H,12-14,16-17H2,1H3,(H,30,34). The van der Waals surface area contributed by atoms with Gasteiger partial charge in [0, 0.05) is 48.7 Å². The summed E-state index contributed by atoms with van der Waals surface area (Å²) < 4.78 is 12.6. The predicted octanol–water partition coefficient (Wildman–Crippen LogP) is 4.36. The number of para-hydroxylation sites is 1. The minimum atomic E-state index is -0.188. The predicted molar refractivity (Wildman–Crippen MR) is 138 cm³/mol. The highest BCUT2D eigenvalue weighted by Crippen LogP contribution is 2.43. The highest BCUT2D eigenvalue weighted by atomic mass is 16.5. The zero-order chi connectivity index (χ0) is 24.5. The van der Waals surface area contributed by atoms with Crippen LogP contribution >= 0.6 is 0 Å². The van der Waals surface area contributed by atoms with Gasteiger partial charge in [-0.2, -0.15) is 0 Å². The molecule has 1 atom stereocenters. The maximum atomic E-state index is 12.3. The van der Waals surface area contributed by atoms with Gasteiger partial charge in [0.1, 0.15) is 29.1 Å². The Bertz CT molecular complexity index is 1470. The normalized spacial score (nSPS) is 16.6. The van der Waals surface area contributed by atoms with Crippen LogP contribution in [0.1, 0.15) is 34.3 Å². The van der Waals surface area contributed by atoms with Crippen LogP contribution in [-0.4, -0.2) is 34.6 Å². The van der Waals surface area contributed by atoms with Gasteiger partial charge >= 0.3 is 0 Å². The first-order valence-corrected chi connectivity index (χ1v) is 12.1. The van der Waals surface area contributed by atoms with Crippen LogP contribution in [-0.2, 0) is 17.7 Å². The number of aryl methyl sites for hydroxylation is 1. The molecule has 0 spiro atoms. The molecule has 0 radical (unpaired) electrons. The van der Waals surface area contributed by atoms with Gasteiger partial charge in [0.25, 0.3) is 5.56 Å². The zero-order valence-electron chi connectivity index (χ0n) is 20.0. The third-order valence-electron chi connectivity index (χ3n) is 6.64. The van der Waals surface area contributed by atoms with Crippen molar-refractivity contribution < 1.29 is 9.47 Å². The summed E-state index contributed by atoms with van der Waals surface area (Å²) in [5, 5.41) is 3.45. The van der Waals surface area contributed by atoms with Gasteiger partial charge in [-0.05, 0) is 48.9 Å². The number of morpholine rings is 1. The molecule has 4 heterocycles. The number of H-pyrrole nitrogens is 1. The molecular weight excluding hydrogens is 454 g/mol. The number of nitrogens with one attached hydrogen (secondary N) is 2. The Morgan fingerprint density at radius 1 is 1.14 bits per heavy atom. The summed E-state index contributed by atoms with van der Waals surface area (Å²) in [5.41, 5.74) is 5.82. The number of aromatic nitrogens is 3. The van der Waals surface area contributed by atoms with E-state index in [1.54, 1.807) is 12.4 Å². The molecule has 0 amide bonds. The quantitative estimate of drug-likeness (QED) is 0.385. The lowest BCUT2D eigenvalue weighted by molar-refractivity contribution is 0.0383. The van der Waals surface area contributed by atoms with Crippen LogP contribution in [0, 0.1) is 6.92 Å². The lowest BCUT2D eigenvalue weighted by atomic mass is 9.95. The van der Waals surface area contributed by atoms with Gasteiger partial charge in [0.2, 0.25) is 0 Å². The Hall–Kier alpha value is -4.17. The van der Waals surface area contributed by atoms with E-state index >= 15 is 0 Å². The molecule has 2 aliphatic rings. The van der Waals surface area contributed by atoms with Crippen molar-refractivity contribution in [3.05, 3.63) is 106 Å². The lowest BCUT2D eigenvalue weighted by Crippen LogP contribution is -2.41. The number of anilines is 2. The SMILES string of the molecule is Cc1nccc(CNc2ccc3c(c2)Cc2cccc(C4CN(c5ccc[nH]c5=O)CCO4)c2O3)n1. The fourth-order valence-corrected chi connectivity index (χ4v) is 4.88. The average molecular weight is 482 g/mol. The van der Waals surface area contributed by atoms with E-state index in [2.05, 4.69) is 49.4 Å². The first kappa shape index (κ1) is 22.3. The van der Waals surface area contributed by atoms with Gasteiger partial charge in [-0.3, -0.25) is 4.79 Å². The van der Waals surface area contributed by atoms with Crippen LogP contribution in [0.15, 0.2) is 71.8 Å². The second-order valence-corrected chi connectivity index (χ2v) is 9.08. The minimum absolute atomic E-state index is 0.0855. The van der Waals surface area contributed by atoms with E-state index < -0.39 is 0 Å². The molecule has 0 bridgehead atoms. The molecule has 1 fully saturated rings. The van der Waals surface area contributed by atoms with Crippen molar-refractivity contribution in [1.82, 2.24) is 15.0 Å². The summed E-state index contributed by atoms with van der Waals surface area (Å²) in [5.74, 6) is 2.47. The highest BCUT2D eigenvalue weighted by molar-refractivity contribution is 5.59. The van der Waals surface area contributed by atoms with E-state index in [0.717, 1.165) is 51.8 Å².